The molecule has 0 saturated carbocycles. The summed E-state index contributed by atoms with van der Waals surface area (Å²) >= 11 is -0.157. The number of alkyl halides is 4. The highest BCUT2D eigenvalue weighted by atomic mass is 32.2. The lowest BCUT2D eigenvalue weighted by atomic mass is 10.3. The van der Waals surface area contributed by atoms with Crippen molar-refractivity contribution >= 4 is 11.8 Å². The molecule has 0 spiro atoms. The molecule has 0 radical (unpaired) electrons. The van der Waals surface area contributed by atoms with E-state index in [2.05, 4.69) is 0 Å². The largest absolute Gasteiger partial charge is 0.363 e. The molecule has 0 unspecified atom stereocenters. The van der Waals surface area contributed by atoms with Crippen LogP contribution in [0.4, 0.5) is 17.6 Å². The van der Waals surface area contributed by atoms with Gasteiger partial charge in [-0.25, -0.2) is 0 Å². The zero-order valence-electron chi connectivity index (χ0n) is 4.07. The minimum absolute atomic E-state index is 0.157. The molecule has 0 saturated heterocycles. The van der Waals surface area contributed by atoms with Gasteiger partial charge in [0.1, 0.15) is 0 Å². The van der Waals surface area contributed by atoms with Crippen LogP contribution < -0.4 is 0 Å². The molecule has 0 fully saturated rings. The Balaban J connectivity index is 2.84. The summed E-state index contributed by atoms with van der Waals surface area (Å²) in [5.74, 6) is -3.96. The molecule has 0 N–H and O–H groups in total. The number of halogens is 4. The molecule has 0 aromatic carbocycles. The summed E-state index contributed by atoms with van der Waals surface area (Å²) in [6.45, 7) is 0. The van der Waals surface area contributed by atoms with E-state index in [1.165, 1.54) is 0 Å². The molecule has 1 aliphatic rings. The second-order valence-corrected chi connectivity index (χ2v) is 2.58. The number of hydrogen-bond donors (Lipinski definition) is 0. The Morgan fingerprint density at radius 1 is 1.11 bits per heavy atom. The van der Waals surface area contributed by atoms with Crippen molar-refractivity contribution in [3.05, 3.63) is 11.5 Å². The van der Waals surface area contributed by atoms with Gasteiger partial charge in [-0.15, -0.1) is 0 Å². The van der Waals surface area contributed by atoms with Crippen molar-refractivity contribution in [2.24, 2.45) is 0 Å². The average molecular weight is 158 g/mol. The van der Waals surface area contributed by atoms with Crippen molar-refractivity contribution in [2.45, 2.75) is 11.2 Å². The van der Waals surface area contributed by atoms with E-state index in [1.54, 1.807) is 0 Å². The number of allylic oxidation sites excluding steroid dienone is 1. The predicted octanol–water partition coefficient (Wildman–Crippen LogP) is 2.48. The zero-order chi connectivity index (χ0) is 7.12. The van der Waals surface area contributed by atoms with E-state index in [0.717, 1.165) is 0 Å². The van der Waals surface area contributed by atoms with Gasteiger partial charge < -0.3 is 0 Å². The highest BCUT2D eigenvalue weighted by molar-refractivity contribution is 8.03. The van der Waals surface area contributed by atoms with Gasteiger partial charge in [0, 0.05) is 0 Å². The molecule has 9 heavy (non-hydrogen) atoms. The van der Waals surface area contributed by atoms with Crippen LogP contribution in [0.15, 0.2) is 11.5 Å². The van der Waals surface area contributed by atoms with Crippen molar-refractivity contribution < 1.29 is 17.6 Å². The van der Waals surface area contributed by atoms with Crippen LogP contribution in [0.2, 0.25) is 0 Å². The van der Waals surface area contributed by atoms with Crippen LogP contribution in [0.3, 0.4) is 0 Å². The lowest BCUT2D eigenvalue weighted by molar-refractivity contribution is -0.112. The molecule has 0 atom stereocenters. The standard InChI is InChI=1S/C4H2F4S/c5-3(6)1-2-9-4(3,7)8/h1-2H. The van der Waals surface area contributed by atoms with Crippen LogP contribution in [0, 0.1) is 0 Å². The van der Waals surface area contributed by atoms with E-state index < -0.39 is 11.2 Å². The molecule has 1 aliphatic heterocycles. The quantitative estimate of drug-likeness (QED) is 0.488. The van der Waals surface area contributed by atoms with E-state index in [-0.39, 0.29) is 17.8 Å². The van der Waals surface area contributed by atoms with Crippen molar-refractivity contribution in [1.82, 2.24) is 0 Å². The smallest absolute Gasteiger partial charge is 0.194 e. The van der Waals surface area contributed by atoms with E-state index >= 15 is 0 Å². The van der Waals surface area contributed by atoms with Gasteiger partial charge in [-0.1, -0.05) is 11.8 Å². The molecule has 1 heterocycles. The number of hydrogen-bond acceptors (Lipinski definition) is 1. The molecular formula is C4H2F4S. The number of thioether (sulfide) groups is 1. The molecule has 5 heteroatoms. The Hall–Kier alpha value is -0.190. The number of rotatable bonds is 0. The van der Waals surface area contributed by atoms with Crippen molar-refractivity contribution in [3.63, 3.8) is 0 Å². The highest BCUT2D eigenvalue weighted by Crippen LogP contribution is 2.49. The maximum Gasteiger partial charge on any atom is 0.363 e. The van der Waals surface area contributed by atoms with Crippen molar-refractivity contribution in [1.29, 1.82) is 0 Å². The molecule has 0 bridgehead atoms. The van der Waals surface area contributed by atoms with Gasteiger partial charge in [0.2, 0.25) is 0 Å². The molecule has 52 valence electrons. The Morgan fingerprint density at radius 3 is 1.78 bits per heavy atom. The highest BCUT2D eigenvalue weighted by Gasteiger charge is 2.57. The van der Waals surface area contributed by atoms with E-state index in [1.807, 2.05) is 0 Å². The summed E-state index contributed by atoms with van der Waals surface area (Å²) in [7, 11) is 0. The third-order valence-corrected chi connectivity index (χ3v) is 1.72. The van der Waals surface area contributed by atoms with Gasteiger partial charge in [0.15, 0.2) is 0 Å². The Kier molecular flexibility index (Phi) is 1.27. The van der Waals surface area contributed by atoms with Gasteiger partial charge in [-0.05, 0) is 11.5 Å². The fraction of sp³-hybridized carbons (Fsp3) is 0.500. The van der Waals surface area contributed by atoms with E-state index in [9.17, 15) is 17.6 Å². The normalized spacial score (nSPS) is 28.9. The van der Waals surface area contributed by atoms with Crippen molar-refractivity contribution in [3.8, 4) is 0 Å². The lowest BCUT2D eigenvalue weighted by Crippen LogP contribution is -2.31. The first-order valence-electron chi connectivity index (χ1n) is 2.07. The van der Waals surface area contributed by atoms with Gasteiger partial charge in [-0.2, -0.15) is 17.6 Å². The summed E-state index contributed by atoms with van der Waals surface area (Å²) in [5.41, 5.74) is 0. The second-order valence-electron chi connectivity index (χ2n) is 1.56. The van der Waals surface area contributed by atoms with E-state index in [4.69, 9.17) is 0 Å². The SMILES string of the molecule is FC1(F)C=CSC1(F)F. The summed E-state index contributed by atoms with van der Waals surface area (Å²) in [5, 5.41) is -3.23. The first-order chi connectivity index (χ1) is 3.96. The van der Waals surface area contributed by atoms with Crippen LogP contribution in [-0.4, -0.2) is 11.2 Å². The third-order valence-electron chi connectivity index (χ3n) is 0.881. The second kappa shape index (κ2) is 1.65. The summed E-state index contributed by atoms with van der Waals surface area (Å²) < 4.78 is 47.5. The van der Waals surface area contributed by atoms with Gasteiger partial charge >= 0.3 is 11.2 Å². The molecular weight excluding hydrogens is 156 g/mol. The summed E-state index contributed by atoms with van der Waals surface area (Å²) in [6, 6.07) is 0. The van der Waals surface area contributed by atoms with Crippen LogP contribution in [0.5, 0.6) is 0 Å². The van der Waals surface area contributed by atoms with Gasteiger partial charge in [0.05, 0.1) is 0 Å². The van der Waals surface area contributed by atoms with Crippen LogP contribution in [-0.2, 0) is 0 Å². The molecule has 0 aliphatic carbocycles. The topological polar surface area (TPSA) is 0 Å². The van der Waals surface area contributed by atoms with Gasteiger partial charge in [-0.3, -0.25) is 0 Å². The summed E-state index contributed by atoms with van der Waals surface area (Å²) in [6.07, 6.45) is 0.206. The van der Waals surface area contributed by atoms with Crippen LogP contribution >= 0.6 is 11.8 Å². The fourth-order valence-electron chi connectivity index (χ4n) is 0.381. The third kappa shape index (κ3) is 0.933. The Labute approximate surface area is 52.9 Å². The lowest BCUT2D eigenvalue weighted by Gasteiger charge is -2.15. The molecule has 0 aromatic rings. The molecule has 0 aromatic heterocycles. The first kappa shape index (κ1) is 6.92. The van der Waals surface area contributed by atoms with Gasteiger partial charge in [0.25, 0.3) is 0 Å². The summed E-state index contributed by atoms with van der Waals surface area (Å²) in [4.78, 5) is 0. The monoisotopic (exact) mass is 158 g/mol. The predicted molar refractivity (Wildman–Crippen MR) is 26.6 cm³/mol. The van der Waals surface area contributed by atoms with E-state index in [0.29, 0.717) is 5.41 Å². The molecule has 0 nitrogen and oxygen atoms in total. The van der Waals surface area contributed by atoms with Crippen LogP contribution in [0.1, 0.15) is 0 Å². The maximum absolute atomic E-state index is 11.9. The molecule has 1 rings (SSSR count). The Bertz CT molecular complexity index is 151. The zero-order valence-corrected chi connectivity index (χ0v) is 4.89. The Morgan fingerprint density at radius 2 is 1.67 bits per heavy atom. The van der Waals surface area contributed by atoms with Crippen LogP contribution in [0.25, 0.3) is 0 Å². The fourth-order valence-corrected chi connectivity index (χ4v) is 1.02. The average Bonchev–Trinajstić information content (AvgIpc) is 1.81. The molecule has 0 amide bonds. The first-order valence-corrected chi connectivity index (χ1v) is 2.95. The van der Waals surface area contributed by atoms with Crippen molar-refractivity contribution in [2.75, 3.05) is 0 Å². The minimum atomic E-state index is -3.96. The maximum atomic E-state index is 11.9. The minimum Gasteiger partial charge on any atom is -0.194 e.